The number of anilines is 1. The fraction of sp³-hybridized carbons (Fsp3) is 0.500. The van der Waals surface area contributed by atoms with E-state index in [1.165, 1.54) is 4.40 Å². The fourth-order valence-corrected chi connectivity index (χ4v) is 2.43. The minimum Gasteiger partial charge on any atom is -0.361 e. The molecule has 0 unspecified atom stereocenters. The number of rotatable bonds is 3. The number of hydrogen-bond donors (Lipinski definition) is 2. The molecule has 0 bridgehead atoms. The molecule has 1 saturated heterocycles. The van der Waals surface area contributed by atoms with Gasteiger partial charge in [0, 0.05) is 19.2 Å². The molecule has 106 valence electrons. The Kier molecular flexibility index (Phi) is 3.13. The maximum absolute atomic E-state index is 11.9. The lowest BCUT2D eigenvalue weighted by Gasteiger charge is -2.15. The number of hydrogen-bond acceptors (Lipinski definition) is 5. The molecule has 0 saturated carbocycles. The molecule has 1 amide bonds. The summed E-state index contributed by atoms with van der Waals surface area (Å²) in [6, 6.07) is 1.64. The van der Waals surface area contributed by atoms with Crippen LogP contribution in [-0.2, 0) is 4.79 Å². The molecule has 1 aliphatic heterocycles. The van der Waals surface area contributed by atoms with Crippen LogP contribution in [0.2, 0.25) is 0 Å². The van der Waals surface area contributed by atoms with Crippen LogP contribution in [-0.4, -0.2) is 50.0 Å². The van der Waals surface area contributed by atoms with E-state index in [4.69, 9.17) is 0 Å². The lowest BCUT2D eigenvalue weighted by atomic mass is 10.4. The topological polar surface area (TPSA) is 95.4 Å². The molecule has 2 aromatic rings. The summed E-state index contributed by atoms with van der Waals surface area (Å²) < 4.78 is 1.38. The Morgan fingerprint density at radius 1 is 1.45 bits per heavy atom. The molecule has 0 aliphatic carbocycles. The van der Waals surface area contributed by atoms with Crippen LogP contribution in [0.1, 0.15) is 18.7 Å². The third-order valence-electron chi connectivity index (χ3n) is 3.45. The lowest BCUT2D eigenvalue weighted by molar-refractivity contribution is -0.128. The second-order valence-corrected chi connectivity index (χ2v) is 4.85. The van der Waals surface area contributed by atoms with E-state index in [0.717, 1.165) is 25.9 Å². The zero-order chi connectivity index (χ0) is 14.1. The van der Waals surface area contributed by atoms with Crippen LogP contribution in [0.15, 0.2) is 10.9 Å². The van der Waals surface area contributed by atoms with E-state index in [9.17, 15) is 9.59 Å². The highest BCUT2D eigenvalue weighted by atomic mass is 16.2. The fourth-order valence-electron chi connectivity index (χ4n) is 2.43. The van der Waals surface area contributed by atoms with Crippen molar-refractivity contribution in [3.05, 3.63) is 22.4 Å². The third-order valence-corrected chi connectivity index (χ3v) is 3.45. The van der Waals surface area contributed by atoms with Crippen LogP contribution < -0.4 is 11.0 Å². The van der Waals surface area contributed by atoms with Gasteiger partial charge in [0.1, 0.15) is 11.6 Å². The largest absolute Gasteiger partial charge is 0.361 e. The Labute approximate surface area is 114 Å². The number of nitrogens with zero attached hydrogens (tertiary/aromatic N) is 4. The van der Waals surface area contributed by atoms with Gasteiger partial charge in [0.2, 0.25) is 5.91 Å². The third kappa shape index (κ3) is 2.24. The zero-order valence-electron chi connectivity index (χ0n) is 11.2. The van der Waals surface area contributed by atoms with Gasteiger partial charge < -0.3 is 10.2 Å². The quantitative estimate of drug-likeness (QED) is 0.806. The van der Waals surface area contributed by atoms with Crippen molar-refractivity contribution in [2.24, 2.45) is 0 Å². The molecule has 1 aliphatic rings. The standard InChI is InChI=1S/C12H16N6O2/c1-8-14-9(6-10-15-16-12(20)18(8)10)13-7-11(19)17-4-2-3-5-17/h6,13H,2-5,7H2,1H3,(H,16,20). The molecule has 0 atom stereocenters. The first-order valence-corrected chi connectivity index (χ1v) is 6.61. The number of carbonyl (C=O) groups excluding carboxylic acids is 1. The summed E-state index contributed by atoms with van der Waals surface area (Å²) >= 11 is 0. The van der Waals surface area contributed by atoms with E-state index in [1.807, 2.05) is 4.90 Å². The average molecular weight is 276 g/mol. The van der Waals surface area contributed by atoms with Crippen molar-refractivity contribution >= 4 is 17.4 Å². The van der Waals surface area contributed by atoms with Gasteiger partial charge in [-0.3, -0.25) is 4.79 Å². The maximum atomic E-state index is 11.9. The van der Waals surface area contributed by atoms with Crippen LogP contribution in [0.3, 0.4) is 0 Å². The highest BCUT2D eigenvalue weighted by Gasteiger charge is 2.17. The van der Waals surface area contributed by atoms with Gasteiger partial charge in [-0.15, -0.1) is 0 Å². The molecule has 0 spiro atoms. The molecular formula is C12H16N6O2. The molecule has 1 fully saturated rings. The Morgan fingerprint density at radius 2 is 2.20 bits per heavy atom. The van der Waals surface area contributed by atoms with E-state index in [0.29, 0.717) is 17.3 Å². The van der Waals surface area contributed by atoms with Crippen molar-refractivity contribution in [1.29, 1.82) is 0 Å². The molecule has 8 nitrogen and oxygen atoms in total. The smallest absolute Gasteiger partial charge is 0.349 e. The number of fused-ring (bicyclic) bond motifs is 1. The lowest BCUT2D eigenvalue weighted by Crippen LogP contribution is -2.33. The van der Waals surface area contributed by atoms with Crippen molar-refractivity contribution in [2.75, 3.05) is 25.0 Å². The van der Waals surface area contributed by atoms with Crippen LogP contribution in [0.4, 0.5) is 5.82 Å². The van der Waals surface area contributed by atoms with E-state index < -0.39 is 0 Å². The minimum atomic E-state index is -0.315. The van der Waals surface area contributed by atoms with E-state index in [2.05, 4.69) is 20.5 Å². The minimum absolute atomic E-state index is 0.0706. The normalized spacial score (nSPS) is 14.9. The van der Waals surface area contributed by atoms with Gasteiger partial charge in [-0.1, -0.05) is 0 Å². The highest BCUT2D eigenvalue weighted by Crippen LogP contribution is 2.10. The Balaban J connectivity index is 1.74. The predicted octanol–water partition coefficient (Wildman–Crippen LogP) is -0.240. The van der Waals surface area contributed by atoms with Gasteiger partial charge in [-0.2, -0.15) is 5.10 Å². The second-order valence-electron chi connectivity index (χ2n) is 4.85. The first kappa shape index (κ1) is 12.6. The SMILES string of the molecule is Cc1nc(NCC(=O)N2CCCC2)cc2n[nH]c(=O)n12. The van der Waals surface area contributed by atoms with Gasteiger partial charge in [0.15, 0.2) is 5.65 Å². The number of amides is 1. The molecular weight excluding hydrogens is 260 g/mol. The number of nitrogens with one attached hydrogen (secondary N) is 2. The molecule has 2 N–H and O–H groups in total. The molecule has 0 radical (unpaired) electrons. The molecule has 20 heavy (non-hydrogen) atoms. The van der Waals surface area contributed by atoms with E-state index in [1.54, 1.807) is 13.0 Å². The number of aromatic nitrogens is 4. The van der Waals surface area contributed by atoms with Gasteiger partial charge in [0.05, 0.1) is 6.54 Å². The van der Waals surface area contributed by atoms with Gasteiger partial charge in [-0.25, -0.2) is 19.3 Å². The molecule has 8 heteroatoms. The molecule has 0 aromatic carbocycles. The maximum Gasteiger partial charge on any atom is 0.349 e. The summed E-state index contributed by atoms with van der Waals surface area (Å²) in [4.78, 5) is 29.5. The molecule has 3 rings (SSSR count). The van der Waals surface area contributed by atoms with Crippen molar-refractivity contribution in [3.63, 3.8) is 0 Å². The zero-order valence-corrected chi connectivity index (χ0v) is 11.2. The average Bonchev–Trinajstić information content (AvgIpc) is 3.06. The molecule has 2 aromatic heterocycles. The summed E-state index contributed by atoms with van der Waals surface area (Å²) in [5.41, 5.74) is 0.170. The molecule has 3 heterocycles. The Bertz CT molecular complexity index is 698. The van der Waals surface area contributed by atoms with E-state index >= 15 is 0 Å². The number of aromatic amines is 1. The van der Waals surface area contributed by atoms with E-state index in [-0.39, 0.29) is 18.1 Å². The number of H-pyrrole nitrogens is 1. The van der Waals surface area contributed by atoms with Crippen LogP contribution in [0.5, 0.6) is 0 Å². The van der Waals surface area contributed by atoms with Gasteiger partial charge in [0.25, 0.3) is 0 Å². The first-order chi connectivity index (χ1) is 9.65. The van der Waals surface area contributed by atoms with Crippen molar-refractivity contribution in [3.8, 4) is 0 Å². The van der Waals surface area contributed by atoms with Crippen LogP contribution >= 0.6 is 0 Å². The monoisotopic (exact) mass is 276 g/mol. The summed E-state index contributed by atoms with van der Waals surface area (Å²) in [5, 5.41) is 9.26. The van der Waals surface area contributed by atoms with Crippen molar-refractivity contribution in [2.45, 2.75) is 19.8 Å². The number of aryl methyl sites for hydroxylation is 1. The van der Waals surface area contributed by atoms with Gasteiger partial charge >= 0.3 is 5.69 Å². The van der Waals surface area contributed by atoms with Crippen molar-refractivity contribution in [1.82, 2.24) is 24.5 Å². The summed E-state index contributed by atoms with van der Waals surface area (Å²) in [6.45, 7) is 3.59. The van der Waals surface area contributed by atoms with Crippen molar-refractivity contribution < 1.29 is 4.79 Å². The summed E-state index contributed by atoms with van der Waals surface area (Å²) in [7, 11) is 0. The Hall–Kier alpha value is -2.38. The first-order valence-electron chi connectivity index (χ1n) is 6.61. The van der Waals surface area contributed by atoms with Gasteiger partial charge in [-0.05, 0) is 19.8 Å². The number of likely N-dealkylation sites (tertiary alicyclic amines) is 1. The number of carbonyl (C=O) groups is 1. The van der Waals surface area contributed by atoms with Crippen LogP contribution in [0.25, 0.3) is 5.65 Å². The second kappa shape index (κ2) is 4.95. The highest BCUT2D eigenvalue weighted by molar-refractivity contribution is 5.80. The van der Waals surface area contributed by atoms with Crippen LogP contribution in [0, 0.1) is 6.92 Å². The summed E-state index contributed by atoms with van der Waals surface area (Å²) in [6.07, 6.45) is 2.15. The Morgan fingerprint density at radius 3 is 2.95 bits per heavy atom. The predicted molar refractivity (Wildman–Crippen MR) is 72.6 cm³/mol. The summed E-state index contributed by atoms with van der Waals surface area (Å²) in [5.74, 6) is 1.14.